The van der Waals surface area contributed by atoms with Crippen LogP contribution in [-0.4, -0.2) is 10.7 Å². The first-order chi connectivity index (χ1) is 16.8. The standard InChI is InChI=1S/C32H51NS/c1-3-5-7-9-11-12-13-14-15-16-18-20-29-21-26-32(33-28-29)30-22-24-31(25-23-30)34-27-19-17-10-8-6-4-2/h21-26,28H,3-20,27H2,1-2H3. The minimum atomic E-state index is 1.09. The lowest BCUT2D eigenvalue weighted by molar-refractivity contribution is 0.549. The van der Waals surface area contributed by atoms with Crippen molar-refractivity contribution in [3.8, 4) is 11.3 Å². The number of pyridine rings is 1. The Morgan fingerprint density at radius 3 is 1.62 bits per heavy atom. The van der Waals surface area contributed by atoms with Gasteiger partial charge in [0.15, 0.2) is 0 Å². The molecule has 0 saturated carbocycles. The van der Waals surface area contributed by atoms with Gasteiger partial charge in [0.05, 0.1) is 5.69 Å². The van der Waals surface area contributed by atoms with Crippen LogP contribution in [0.25, 0.3) is 11.3 Å². The zero-order valence-corrected chi connectivity index (χ0v) is 23.1. The Morgan fingerprint density at radius 1 is 0.559 bits per heavy atom. The molecule has 0 radical (unpaired) electrons. The smallest absolute Gasteiger partial charge is 0.0702 e. The Labute approximate surface area is 215 Å². The third kappa shape index (κ3) is 13.6. The highest BCUT2D eigenvalue weighted by atomic mass is 32.2. The summed E-state index contributed by atoms with van der Waals surface area (Å²) in [5.41, 5.74) is 3.70. The zero-order valence-electron chi connectivity index (χ0n) is 22.3. The van der Waals surface area contributed by atoms with Crippen LogP contribution in [0, 0.1) is 0 Å². The predicted molar refractivity (Wildman–Crippen MR) is 154 cm³/mol. The van der Waals surface area contributed by atoms with Gasteiger partial charge < -0.3 is 0 Å². The van der Waals surface area contributed by atoms with Crippen molar-refractivity contribution >= 4 is 11.8 Å². The number of aromatic nitrogens is 1. The van der Waals surface area contributed by atoms with Crippen LogP contribution in [0.15, 0.2) is 47.5 Å². The fraction of sp³-hybridized carbons (Fsp3) is 0.656. The Bertz CT molecular complexity index is 707. The van der Waals surface area contributed by atoms with Gasteiger partial charge in [-0.05, 0) is 48.8 Å². The van der Waals surface area contributed by atoms with E-state index >= 15 is 0 Å². The maximum atomic E-state index is 4.75. The van der Waals surface area contributed by atoms with E-state index < -0.39 is 0 Å². The number of nitrogens with zero attached hydrogens (tertiary/aromatic N) is 1. The summed E-state index contributed by atoms with van der Waals surface area (Å²) >= 11 is 1.99. The van der Waals surface area contributed by atoms with Gasteiger partial charge in [0.25, 0.3) is 0 Å². The summed E-state index contributed by atoms with van der Waals surface area (Å²) in [6.07, 6.45) is 26.9. The minimum absolute atomic E-state index is 1.09. The lowest BCUT2D eigenvalue weighted by Crippen LogP contribution is -1.90. The predicted octanol–water partition coefficient (Wildman–Crippen LogP) is 11.1. The van der Waals surface area contributed by atoms with E-state index in [1.54, 1.807) is 0 Å². The molecule has 190 valence electrons. The van der Waals surface area contributed by atoms with E-state index in [9.17, 15) is 0 Å². The zero-order chi connectivity index (χ0) is 24.1. The SMILES string of the molecule is CCCCCCCCCCCCCc1ccc(-c2ccc(SCCCCCCCC)cc2)nc1. The number of rotatable bonds is 21. The van der Waals surface area contributed by atoms with Gasteiger partial charge in [0.2, 0.25) is 0 Å². The number of unbranched alkanes of at least 4 members (excludes halogenated alkanes) is 15. The summed E-state index contributed by atoms with van der Waals surface area (Å²) in [5.74, 6) is 1.23. The van der Waals surface area contributed by atoms with Gasteiger partial charge in [0, 0.05) is 16.7 Å². The molecular weight excluding hydrogens is 430 g/mol. The van der Waals surface area contributed by atoms with Crippen molar-refractivity contribution in [2.45, 2.75) is 134 Å². The molecule has 0 saturated heterocycles. The molecule has 0 spiro atoms. The summed E-state index contributed by atoms with van der Waals surface area (Å²) < 4.78 is 0. The molecule has 1 nitrogen and oxygen atoms in total. The van der Waals surface area contributed by atoms with Gasteiger partial charge in [-0.1, -0.05) is 128 Å². The molecule has 0 bridgehead atoms. The van der Waals surface area contributed by atoms with Crippen molar-refractivity contribution in [2.24, 2.45) is 0 Å². The van der Waals surface area contributed by atoms with Crippen molar-refractivity contribution in [1.29, 1.82) is 0 Å². The van der Waals surface area contributed by atoms with Crippen LogP contribution in [-0.2, 0) is 6.42 Å². The van der Waals surface area contributed by atoms with Crippen molar-refractivity contribution in [1.82, 2.24) is 4.98 Å². The number of hydrogen-bond acceptors (Lipinski definition) is 2. The average molecular weight is 482 g/mol. The van der Waals surface area contributed by atoms with Crippen molar-refractivity contribution in [2.75, 3.05) is 5.75 Å². The van der Waals surface area contributed by atoms with E-state index in [0.29, 0.717) is 0 Å². The maximum Gasteiger partial charge on any atom is 0.0702 e. The topological polar surface area (TPSA) is 12.9 Å². The normalized spacial score (nSPS) is 11.2. The second-order valence-electron chi connectivity index (χ2n) is 9.98. The molecule has 0 aliphatic heterocycles. The number of thioether (sulfide) groups is 1. The van der Waals surface area contributed by atoms with Crippen LogP contribution >= 0.6 is 11.8 Å². The highest BCUT2D eigenvalue weighted by Gasteiger charge is 2.02. The molecule has 2 heteroatoms. The third-order valence-electron chi connectivity index (χ3n) is 6.81. The van der Waals surface area contributed by atoms with E-state index in [-0.39, 0.29) is 0 Å². The number of aryl methyl sites for hydroxylation is 1. The van der Waals surface area contributed by atoms with Crippen LogP contribution in [0.2, 0.25) is 0 Å². The molecule has 1 heterocycles. The number of hydrogen-bond donors (Lipinski definition) is 0. The lowest BCUT2D eigenvalue weighted by Gasteiger charge is -2.06. The van der Waals surface area contributed by atoms with Gasteiger partial charge in [0.1, 0.15) is 0 Å². The van der Waals surface area contributed by atoms with Crippen LogP contribution in [0.5, 0.6) is 0 Å². The third-order valence-corrected chi connectivity index (χ3v) is 7.91. The molecule has 0 fully saturated rings. The largest absolute Gasteiger partial charge is 0.256 e. The molecular formula is C32H51NS. The van der Waals surface area contributed by atoms with E-state index in [1.165, 1.54) is 137 Å². The fourth-order valence-corrected chi connectivity index (χ4v) is 5.44. The first-order valence-corrected chi connectivity index (χ1v) is 15.5. The van der Waals surface area contributed by atoms with Crippen LogP contribution in [0.3, 0.4) is 0 Å². The Hall–Kier alpha value is -1.28. The number of benzene rings is 1. The molecule has 1 aromatic heterocycles. The quantitative estimate of drug-likeness (QED) is 0.130. The maximum absolute atomic E-state index is 4.75. The molecule has 2 aromatic rings. The molecule has 0 aliphatic rings. The summed E-state index contributed by atoms with van der Waals surface area (Å²) in [7, 11) is 0. The summed E-state index contributed by atoms with van der Waals surface area (Å²) in [6.45, 7) is 4.57. The van der Waals surface area contributed by atoms with E-state index in [4.69, 9.17) is 4.98 Å². The molecule has 0 unspecified atom stereocenters. The molecule has 0 atom stereocenters. The fourth-order valence-electron chi connectivity index (χ4n) is 4.53. The first-order valence-electron chi connectivity index (χ1n) is 14.5. The molecule has 34 heavy (non-hydrogen) atoms. The minimum Gasteiger partial charge on any atom is -0.256 e. The van der Waals surface area contributed by atoms with Gasteiger partial charge >= 0.3 is 0 Å². The molecule has 2 rings (SSSR count). The first kappa shape index (κ1) is 29.0. The summed E-state index contributed by atoms with van der Waals surface area (Å²) in [4.78, 5) is 6.13. The summed E-state index contributed by atoms with van der Waals surface area (Å²) in [5, 5.41) is 0. The van der Waals surface area contributed by atoms with E-state index in [0.717, 1.165) is 5.69 Å². The van der Waals surface area contributed by atoms with E-state index in [2.05, 4.69) is 56.4 Å². The molecule has 0 amide bonds. The van der Waals surface area contributed by atoms with Crippen molar-refractivity contribution in [3.63, 3.8) is 0 Å². The second kappa shape index (κ2) is 20.0. The monoisotopic (exact) mass is 481 g/mol. The van der Waals surface area contributed by atoms with Gasteiger partial charge in [-0.3, -0.25) is 4.98 Å². The molecule has 0 N–H and O–H groups in total. The lowest BCUT2D eigenvalue weighted by atomic mass is 10.0. The van der Waals surface area contributed by atoms with Crippen LogP contribution in [0.4, 0.5) is 0 Å². The second-order valence-corrected chi connectivity index (χ2v) is 11.1. The highest BCUT2D eigenvalue weighted by molar-refractivity contribution is 7.99. The van der Waals surface area contributed by atoms with Gasteiger partial charge in [-0.25, -0.2) is 0 Å². The Balaban J connectivity index is 1.56. The van der Waals surface area contributed by atoms with Crippen molar-refractivity contribution in [3.05, 3.63) is 48.2 Å². The van der Waals surface area contributed by atoms with Crippen LogP contribution < -0.4 is 0 Å². The molecule has 1 aromatic carbocycles. The Kier molecular flexibility index (Phi) is 17.0. The molecule has 0 aliphatic carbocycles. The van der Waals surface area contributed by atoms with Crippen molar-refractivity contribution < 1.29 is 0 Å². The van der Waals surface area contributed by atoms with E-state index in [1.807, 2.05) is 11.8 Å². The van der Waals surface area contributed by atoms with Gasteiger partial charge in [-0.2, -0.15) is 0 Å². The highest BCUT2D eigenvalue weighted by Crippen LogP contribution is 2.24. The van der Waals surface area contributed by atoms with Crippen LogP contribution in [0.1, 0.15) is 129 Å². The van der Waals surface area contributed by atoms with Gasteiger partial charge in [-0.15, -0.1) is 11.8 Å². The summed E-state index contributed by atoms with van der Waals surface area (Å²) in [6, 6.07) is 13.5. The Morgan fingerprint density at radius 2 is 1.09 bits per heavy atom. The average Bonchev–Trinajstić information content (AvgIpc) is 2.87.